The second-order valence-electron chi connectivity index (χ2n) is 4.54. The van der Waals surface area contributed by atoms with Crippen LogP contribution in [0.2, 0.25) is 0 Å². The summed E-state index contributed by atoms with van der Waals surface area (Å²) in [5.74, 6) is 0. The largest absolute Gasteiger partial charge is 0.290 e. The van der Waals surface area contributed by atoms with Gasteiger partial charge in [-0.1, -0.05) is 30.3 Å². The predicted molar refractivity (Wildman–Crippen MR) is 68.3 cm³/mol. The molecular formula is C15H13N3. The lowest BCUT2D eigenvalue weighted by atomic mass is 10.1. The fourth-order valence-corrected chi connectivity index (χ4v) is 2.42. The van der Waals surface area contributed by atoms with E-state index in [1.165, 1.54) is 11.1 Å². The molecule has 1 aliphatic rings. The van der Waals surface area contributed by atoms with Gasteiger partial charge >= 0.3 is 0 Å². The Hall–Kier alpha value is -2.18. The summed E-state index contributed by atoms with van der Waals surface area (Å²) in [7, 11) is 0. The fraction of sp³-hybridized carbons (Fsp3) is 0.200. The number of nitriles is 1. The Morgan fingerprint density at radius 1 is 1.11 bits per heavy atom. The molecular weight excluding hydrogens is 222 g/mol. The molecule has 0 saturated heterocycles. The molecule has 2 heterocycles. The highest BCUT2D eigenvalue weighted by Gasteiger charge is 2.19. The molecule has 3 heteroatoms. The molecule has 0 atom stereocenters. The van der Waals surface area contributed by atoms with Crippen LogP contribution in [0.1, 0.15) is 22.4 Å². The zero-order valence-electron chi connectivity index (χ0n) is 10.0. The molecule has 1 aromatic carbocycles. The Kier molecular flexibility index (Phi) is 2.79. The van der Waals surface area contributed by atoms with Crippen LogP contribution in [-0.4, -0.2) is 9.88 Å². The maximum absolute atomic E-state index is 9.03. The van der Waals surface area contributed by atoms with Crippen molar-refractivity contribution in [3.8, 4) is 6.07 Å². The molecule has 3 nitrogen and oxygen atoms in total. The third-order valence-corrected chi connectivity index (χ3v) is 3.30. The highest BCUT2D eigenvalue weighted by atomic mass is 15.1. The number of hydrogen-bond donors (Lipinski definition) is 0. The molecule has 0 fully saturated rings. The molecule has 0 radical (unpaired) electrons. The van der Waals surface area contributed by atoms with E-state index < -0.39 is 0 Å². The van der Waals surface area contributed by atoms with Gasteiger partial charge in [0.05, 0.1) is 0 Å². The van der Waals surface area contributed by atoms with Gasteiger partial charge in [-0.3, -0.25) is 4.90 Å². The summed E-state index contributed by atoms with van der Waals surface area (Å²) in [5.41, 5.74) is 4.32. The van der Waals surface area contributed by atoms with Gasteiger partial charge in [0, 0.05) is 31.4 Å². The van der Waals surface area contributed by atoms with Crippen molar-refractivity contribution in [2.24, 2.45) is 0 Å². The van der Waals surface area contributed by atoms with E-state index in [4.69, 9.17) is 5.26 Å². The van der Waals surface area contributed by atoms with Crippen molar-refractivity contribution >= 4 is 0 Å². The average Bonchev–Trinajstić information content (AvgIpc) is 2.81. The lowest BCUT2D eigenvalue weighted by Crippen LogP contribution is -2.16. The minimum atomic E-state index is 0.536. The van der Waals surface area contributed by atoms with Crippen molar-refractivity contribution in [2.75, 3.05) is 0 Å². The third-order valence-electron chi connectivity index (χ3n) is 3.30. The third kappa shape index (κ3) is 1.99. The van der Waals surface area contributed by atoms with Gasteiger partial charge in [-0.25, -0.2) is 4.98 Å². The van der Waals surface area contributed by atoms with Crippen LogP contribution in [-0.2, 0) is 19.6 Å². The highest BCUT2D eigenvalue weighted by molar-refractivity contribution is 5.33. The van der Waals surface area contributed by atoms with Crippen LogP contribution in [0.3, 0.4) is 0 Å². The molecule has 0 N–H and O–H groups in total. The Morgan fingerprint density at radius 2 is 1.83 bits per heavy atom. The second-order valence-corrected chi connectivity index (χ2v) is 4.54. The predicted octanol–water partition coefficient (Wildman–Crippen LogP) is 2.47. The van der Waals surface area contributed by atoms with Gasteiger partial charge in [0.25, 0.3) is 0 Å². The number of nitrogens with zero attached hydrogens (tertiary/aromatic N) is 3. The highest BCUT2D eigenvalue weighted by Crippen LogP contribution is 2.24. The molecule has 1 aliphatic heterocycles. The van der Waals surface area contributed by atoms with E-state index in [-0.39, 0.29) is 0 Å². The van der Waals surface area contributed by atoms with Crippen LogP contribution in [0, 0.1) is 11.3 Å². The summed E-state index contributed by atoms with van der Waals surface area (Å²) in [6.07, 6.45) is 1.67. The molecule has 0 spiro atoms. The van der Waals surface area contributed by atoms with E-state index in [1.54, 1.807) is 6.20 Å². The first-order valence-electron chi connectivity index (χ1n) is 6.00. The van der Waals surface area contributed by atoms with E-state index >= 15 is 0 Å². The summed E-state index contributed by atoms with van der Waals surface area (Å²) < 4.78 is 0. The van der Waals surface area contributed by atoms with Gasteiger partial charge in [0.15, 0.2) is 0 Å². The Morgan fingerprint density at radius 3 is 2.50 bits per heavy atom. The first-order valence-corrected chi connectivity index (χ1v) is 6.00. The van der Waals surface area contributed by atoms with Gasteiger partial charge < -0.3 is 0 Å². The molecule has 88 valence electrons. The molecule has 0 unspecified atom stereocenters. The SMILES string of the molecule is N#Cc1ncccc1CN1Cc2ccccc2C1. The summed E-state index contributed by atoms with van der Waals surface area (Å²) in [6.45, 7) is 2.69. The second kappa shape index (κ2) is 4.59. The van der Waals surface area contributed by atoms with Crippen LogP contribution in [0.5, 0.6) is 0 Å². The number of benzene rings is 1. The van der Waals surface area contributed by atoms with Crippen molar-refractivity contribution in [3.63, 3.8) is 0 Å². The van der Waals surface area contributed by atoms with E-state index in [2.05, 4.69) is 40.2 Å². The molecule has 0 saturated carbocycles. The number of pyridine rings is 1. The van der Waals surface area contributed by atoms with Crippen LogP contribution in [0.15, 0.2) is 42.6 Å². The maximum atomic E-state index is 9.03. The Balaban J connectivity index is 1.79. The Labute approximate surface area is 106 Å². The molecule has 0 aliphatic carbocycles. The zero-order chi connectivity index (χ0) is 12.4. The van der Waals surface area contributed by atoms with Crippen molar-refractivity contribution in [2.45, 2.75) is 19.6 Å². The van der Waals surface area contributed by atoms with Gasteiger partial charge in [0.2, 0.25) is 0 Å². The summed E-state index contributed by atoms with van der Waals surface area (Å²) in [5, 5.41) is 9.03. The number of fused-ring (bicyclic) bond motifs is 1. The molecule has 0 bridgehead atoms. The monoisotopic (exact) mass is 235 g/mol. The summed E-state index contributed by atoms with van der Waals surface area (Å²) in [4.78, 5) is 6.44. The normalized spacial score (nSPS) is 14.2. The number of aromatic nitrogens is 1. The first kappa shape index (κ1) is 10.9. The van der Waals surface area contributed by atoms with E-state index in [0.29, 0.717) is 5.69 Å². The van der Waals surface area contributed by atoms with E-state index in [0.717, 1.165) is 25.2 Å². The van der Waals surface area contributed by atoms with Crippen LogP contribution in [0.4, 0.5) is 0 Å². The quantitative estimate of drug-likeness (QED) is 0.802. The van der Waals surface area contributed by atoms with Gasteiger partial charge in [0.1, 0.15) is 11.8 Å². The fourth-order valence-electron chi connectivity index (χ4n) is 2.42. The van der Waals surface area contributed by atoms with Crippen LogP contribution < -0.4 is 0 Å². The molecule has 0 amide bonds. The molecule has 2 aromatic rings. The van der Waals surface area contributed by atoms with E-state index in [9.17, 15) is 0 Å². The minimum Gasteiger partial charge on any atom is -0.290 e. The minimum absolute atomic E-state index is 0.536. The zero-order valence-corrected chi connectivity index (χ0v) is 10.0. The summed E-state index contributed by atoms with van der Waals surface area (Å²) in [6, 6.07) is 14.5. The van der Waals surface area contributed by atoms with E-state index in [1.807, 2.05) is 12.1 Å². The lowest BCUT2D eigenvalue weighted by molar-refractivity contribution is 0.275. The summed E-state index contributed by atoms with van der Waals surface area (Å²) >= 11 is 0. The van der Waals surface area contributed by atoms with Gasteiger partial charge in [-0.15, -0.1) is 0 Å². The Bertz CT molecular complexity index is 588. The molecule has 3 rings (SSSR count). The number of rotatable bonds is 2. The maximum Gasteiger partial charge on any atom is 0.144 e. The van der Waals surface area contributed by atoms with Crippen LogP contribution in [0.25, 0.3) is 0 Å². The smallest absolute Gasteiger partial charge is 0.144 e. The average molecular weight is 235 g/mol. The topological polar surface area (TPSA) is 39.9 Å². The van der Waals surface area contributed by atoms with Gasteiger partial charge in [-0.05, 0) is 17.2 Å². The van der Waals surface area contributed by atoms with Crippen molar-refractivity contribution in [1.82, 2.24) is 9.88 Å². The standard InChI is InChI=1S/C15H13N3/c16-8-15-14(6-3-7-17-15)11-18-9-12-4-1-2-5-13(12)10-18/h1-7H,9-11H2. The van der Waals surface area contributed by atoms with Crippen LogP contribution >= 0.6 is 0 Å². The van der Waals surface area contributed by atoms with Crippen molar-refractivity contribution in [1.29, 1.82) is 5.26 Å². The van der Waals surface area contributed by atoms with Gasteiger partial charge in [-0.2, -0.15) is 5.26 Å². The lowest BCUT2D eigenvalue weighted by Gasteiger charge is -2.15. The van der Waals surface area contributed by atoms with Crippen molar-refractivity contribution in [3.05, 3.63) is 65.0 Å². The van der Waals surface area contributed by atoms with Crippen molar-refractivity contribution < 1.29 is 0 Å². The number of hydrogen-bond acceptors (Lipinski definition) is 3. The first-order chi connectivity index (χ1) is 8.86. The molecule has 1 aromatic heterocycles. The molecule has 18 heavy (non-hydrogen) atoms.